The molecule has 0 aliphatic carbocycles. The second-order valence-corrected chi connectivity index (χ2v) is 4.75. The standard InChI is InChI=1S/C16H20N2O/c1-11-8-9-15(19-4)14(10-11)18(3)16-12(2)6-5-7-13(16)17/h5-10H,17H2,1-4H3. The minimum Gasteiger partial charge on any atom is -0.495 e. The van der Waals surface area contributed by atoms with E-state index >= 15 is 0 Å². The third-order valence-corrected chi connectivity index (χ3v) is 3.30. The van der Waals surface area contributed by atoms with Crippen molar-refractivity contribution in [1.29, 1.82) is 0 Å². The van der Waals surface area contributed by atoms with Gasteiger partial charge in [-0.3, -0.25) is 0 Å². The molecule has 0 saturated heterocycles. The molecule has 2 N–H and O–H groups in total. The summed E-state index contributed by atoms with van der Waals surface area (Å²) >= 11 is 0. The molecule has 0 heterocycles. The number of para-hydroxylation sites is 1. The molecule has 0 saturated carbocycles. The molecule has 3 nitrogen and oxygen atoms in total. The van der Waals surface area contributed by atoms with E-state index in [1.54, 1.807) is 7.11 Å². The Labute approximate surface area is 114 Å². The molecule has 0 aromatic heterocycles. The Kier molecular flexibility index (Phi) is 3.65. The van der Waals surface area contributed by atoms with E-state index in [1.165, 1.54) is 5.56 Å². The Bertz CT molecular complexity index is 573. The first-order chi connectivity index (χ1) is 9.04. The smallest absolute Gasteiger partial charge is 0.142 e. The number of nitrogens with two attached hydrogens (primary N) is 1. The molecule has 3 heteroatoms. The topological polar surface area (TPSA) is 38.5 Å². The summed E-state index contributed by atoms with van der Waals surface area (Å²) in [7, 11) is 3.69. The Hall–Kier alpha value is -2.16. The highest BCUT2D eigenvalue weighted by Gasteiger charge is 2.14. The van der Waals surface area contributed by atoms with Gasteiger partial charge in [-0.05, 0) is 43.2 Å². The van der Waals surface area contributed by atoms with Crippen molar-refractivity contribution in [2.45, 2.75) is 13.8 Å². The van der Waals surface area contributed by atoms with E-state index in [1.807, 2.05) is 31.3 Å². The lowest BCUT2D eigenvalue weighted by molar-refractivity contribution is 0.415. The molecule has 2 rings (SSSR count). The first kappa shape index (κ1) is 13.3. The number of nitrogens with zero attached hydrogens (tertiary/aromatic N) is 1. The van der Waals surface area contributed by atoms with Gasteiger partial charge in [0, 0.05) is 7.05 Å². The Morgan fingerprint density at radius 1 is 1.11 bits per heavy atom. The number of anilines is 3. The molecular weight excluding hydrogens is 236 g/mol. The van der Waals surface area contributed by atoms with Gasteiger partial charge in [-0.2, -0.15) is 0 Å². The summed E-state index contributed by atoms with van der Waals surface area (Å²) in [5.74, 6) is 0.843. The zero-order chi connectivity index (χ0) is 14.0. The molecule has 0 radical (unpaired) electrons. The maximum atomic E-state index is 6.11. The van der Waals surface area contributed by atoms with Crippen molar-refractivity contribution < 1.29 is 4.74 Å². The molecule has 100 valence electrons. The predicted molar refractivity (Wildman–Crippen MR) is 81.4 cm³/mol. The summed E-state index contributed by atoms with van der Waals surface area (Å²) in [6.45, 7) is 4.13. The molecule has 0 atom stereocenters. The van der Waals surface area contributed by atoms with E-state index in [0.29, 0.717) is 0 Å². The Morgan fingerprint density at radius 2 is 1.84 bits per heavy atom. The number of ether oxygens (including phenoxy) is 1. The zero-order valence-electron chi connectivity index (χ0n) is 11.9. The molecule has 0 bridgehead atoms. The molecule has 0 spiro atoms. The van der Waals surface area contributed by atoms with Gasteiger partial charge < -0.3 is 15.4 Å². The van der Waals surface area contributed by atoms with Crippen LogP contribution in [0, 0.1) is 13.8 Å². The van der Waals surface area contributed by atoms with Crippen LogP contribution >= 0.6 is 0 Å². The monoisotopic (exact) mass is 256 g/mol. The van der Waals surface area contributed by atoms with Crippen LogP contribution in [-0.2, 0) is 0 Å². The van der Waals surface area contributed by atoms with Gasteiger partial charge in [-0.25, -0.2) is 0 Å². The Balaban J connectivity index is 2.55. The molecule has 2 aromatic carbocycles. The molecular formula is C16H20N2O. The largest absolute Gasteiger partial charge is 0.495 e. The highest BCUT2D eigenvalue weighted by molar-refractivity contribution is 5.79. The first-order valence-electron chi connectivity index (χ1n) is 6.28. The lowest BCUT2D eigenvalue weighted by Gasteiger charge is -2.25. The number of methoxy groups -OCH3 is 1. The van der Waals surface area contributed by atoms with Crippen molar-refractivity contribution in [3.63, 3.8) is 0 Å². The van der Waals surface area contributed by atoms with Crippen molar-refractivity contribution >= 4 is 17.1 Å². The highest BCUT2D eigenvalue weighted by atomic mass is 16.5. The maximum Gasteiger partial charge on any atom is 0.142 e. The van der Waals surface area contributed by atoms with Gasteiger partial charge in [-0.15, -0.1) is 0 Å². The minimum atomic E-state index is 0.769. The summed E-state index contributed by atoms with van der Waals surface area (Å²) in [6.07, 6.45) is 0. The third-order valence-electron chi connectivity index (χ3n) is 3.30. The molecule has 0 unspecified atom stereocenters. The second-order valence-electron chi connectivity index (χ2n) is 4.75. The average Bonchev–Trinajstić information content (AvgIpc) is 2.38. The van der Waals surface area contributed by atoms with Crippen molar-refractivity contribution in [1.82, 2.24) is 0 Å². The van der Waals surface area contributed by atoms with Crippen LogP contribution in [0.1, 0.15) is 11.1 Å². The number of benzene rings is 2. The van der Waals surface area contributed by atoms with Crippen LogP contribution < -0.4 is 15.4 Å². The number of aryl methyl sites for hydroxylation is 2. The fraction of sp³-hybridized carbons (Fsp3) is 0.250. The zero-order valence-corrected chi connectivity index (χ0v) is 11.9. The van der Waals surface area contributed by atoms with Gasteiger partial charge in [0.15, 0.2) is 0 Å². The van der Waals surface area contributed by atoms with E-state index in [9.17, 15) is 0 Å². The fourth-order valence-electron chi connectivity index (χ4n) is 2.32. The summed E-state index contributed by atoms with van der Waals surface area (Å²) in [5, 5.41) is 0. The Morgan fingerprint density at radius 3 is 2.47 bits per heavy atom. The van der Waals surface area contributed by atoms with Gasteiger partial charge >= 0.3 is 0 Å². The second kappa shape index (κ2) is 5.22. The summed E-state index contributed by atoms with van der Waals surface area (Å²) in [6, 6.07) is 12.1. The van der Waals surface area contributed by atoms with Gasteiger partial charge in [0.1, 0.15) is 5.75 Å². The van der Waals surface area contributed by atoms with Crippen molar-refractivity contribution in [3.8, 4) is 5.75 Å². The van der Waals surface area contributed by atoms with Crippen molar-refractivity contribution in [2.24, 2.45) is 0 Å². The van der Waals surface area contributed by atoms with E-state index in [2.05, 4.69) is 30.9 Å². The van der Waals surface area contributed by atoms with Gasteiger partial charge in [0.05, 0.1) is 24.2 Å². The van der Waals surface area contributed by atoms with Crippen LogP contribution in [0.4, 0.5) is 17.1 Å². The normalized spacial score (nSPS) is 10.3. The quantitative estimate of drug-likeness (QED) is 0.852. The van der Waals surface area contributed by atoms with E-state index in [4.69, 9.17) is 10.5 Å². The molecule has 0 aliphatic heterocycles. The average molecular weight is 256 g/mol. The number of hydrogen-bond donors (Lipinski definition) is 1. The molecule has 0 aliphatic rings. The van der Waals surface area contributed by atoms with Gasteiger partial charge in [0.25, 0.3) is 0 Å². The number of hydrogen-bond acceptors (Lipinski definition) is 3. The van der Waals surface area contributed by atoms with Crippen LogP contribution in [-0.4, -0.2) is 14.2 Å². The minimum absolute atomic E-state index is 0.769. The number of rotatable bonds is 3. The van der Waals surface area contributed by atoms with Gasteiger partial charge in [-0.1, -0.05) is 18.2 Å². The summed E-state index contributed by atoms with van der Waals surface area (Å²) in [4.78, 5) is 2.08. The number of nitrogen functional groups attached to an aromatic ring is 1. The van der Waals surface area contributed by atoms with E-state index in [-0.39, 0.29) is 0 Å². The van der Waals surface area contributed by atoms with Crippen LogP contribution in [0.5, 0.6) is 5.75 Å². The first-order valence-corrected chi connectivity index (χ1v) is 6.28. The van der Waals surface area contributed by atoms with Crippen molar-refractivity contribution in [2.75, 3.05) is 24.8 Å². The van der Waals surface area contributed by atoms with Gasteiger partial charge in [0.2, 0.25) is 0 Å². The lowest BCUT2D eigenvalue weighted by Crippen LogP contribution is -2.14. The highest BCUT2D eigenvalue weighted by Crippen LogP contribution is 2.37. The summed E-state index contributed by atoms with van der Waals surface area (Å²) < 4.78 is 5.44. The molecule has 0 amide bonds. The third kappa shape index (κ3) is 2.50. The maximum absolute atomic E-state index is 6.11. The van der Waals surface area contributed by atoms with Crippen LogP contribution in [0.15, 0.2) is 36.4 Å². The van der Waals surface area contributed by atoms with Crippen LogP contribution in [0.3, 0.4) is 0 Å². The van der Waals surface area contributed by atoms with Crippen molar-refractivity contribution in [3.05, 3.63) is 47.5 Å². The van der Waals surface area contributed by atoms with E-state index < -0.39 is 0 Å². The molecule has 19 heavy (non-hydrogen) atoms. The molecule has 2 aromatic rings. The predicted octanol–water partition coefficient (Wildman–Crippen LogP) is 3.66. The van der Waals surface area contributed by atoms with E-state index in [0.717, 1.165) is 28.4 Å². The molecule has 0 fully saturated rings. The van der Waals surface area contributed by atoms with Crippen LogP contribution in [0.2, 0.25) is 0 Å². The fourth-order valence-corrected chi connectivity index (χ4v) is 2.32. The SMILES string of the molecule is COc1ccc(C)cc1N(C)c1c(C)cccc1N. The lowest BCUT2D eigenvalue weighted by atomic mass is 10.1. The summed E-state index contributed by atoms with van der Waals surface area (Å²) in [5.41, 5.74) is 11.2. The van der Waals surface area contributed by atoms with Crippen LogP contribution in [0.25, 0.3) is 0 Å².